The Labute approximate surface area is 279 Å². The first-order chi connectivity index (χ1) is 23.8. The van der Waals surface area contributed by atoms with Gasteiger partial charge in [-0.05, 0) is 92.7 Å². The summed E-state index contributed by atoms with van der Waals surface area (Å²) in [6.45, 7) is 0. The fourth-order valence-corrected chi connectivity index (χ4v) is 6.86. The van der Waals surface area contributed by atoms with Crippen molar-refractivity contribution in [2.24, 2.45) is 0 Å². The second-order valence-electron chi connectivity index (χ2n) is 12.2. The summed E-state index contributed by atoms with van der Waals surface area (Å²) >= 11 is 0. The zero-order valence-corrected chi connectivity index (χ0v) is 26.3. The highest BCUT2D eigenvalue weighted by Gasteiger charge is 2.21. The van der Waals surface area contributed by atoms with Crippen LogP contribution >= 0.6 is 0 Å². The standard InChI is InChI=1S/C46H31NO/c1-3-13-32(14-4-1)38-28-39(33-15-5-2-6-16-33)31-41(30-38)47(44-23-12-22-43-42-21-9-10-24-45(42)48-46(43)44)40-20-11-19-36(29-40)37-26-25-34-17-7-8-18-35(34)27-37/h1-31H. The van der Waals surface area contributed by atoms with Crippen molar-refractivity contribution in [1.82, 2.24) is 0 Å². The lowest BCUT2D eigenvalue weighted by molar-refractivity contribution is 0.669. The monoisotopic (exact) mass is 613 g/mol. The van der Waals surface area contributed by atoms with Crippen LogP contribution in [0.5, 0.6) is 0 Å². The van der Waals surface area contributed by atoms with E-state index in [2.05, 4.69) is 181 Å². The molecule has 0 fully saturated rings. The van der Waals surface area contributed by atoms with Gasteiger partial charge < -0.3 is 9.32 Å². The van der Waals surface area contributed by atoms with Crippen molar-refractivity contribution in [2.45, 2.75) is 0 Å². The van der Waals surface area contributed by atoms with E-state index in [9.17, 15) is 0 Å². The molecule has 226 valence electrons. The van der Waals surface area contributed by atoms with E-state index < -0.39 is 0 Å². The number of fused-ring (bicyclic) bond motifs is 4. The van der Waals surface area contributed by atoms with E-state index in [4.69, 9.17) is 4.42 Å². The second kappa shape index (κ2) is 11.8. The fraction of sp³-hybridized carbons (Fsp3) is 0. The summed E-state index contributed by atoms with van der Waals surface area (Å²) in [6.07, 6.45) is 0. The maximum Gasteiger partial charge on any atom is 0.159 e. The van der Waals surface area contributed by atoms with Crippen LogP contribution < -0.4 is 4.90 Å². The van der Waals surface area contributed by atoms with Crippen molar-refractivity contribution in [2.75, 3.05) is 4.90 Å². The Kier molecular flexibility index (Phi) is 6.84. The Bertz CT molecular complexity index is 2510. The average Bonchev–Trinajstić information content (AvgIpc) is 3.55. The van der Waals surface area contributed by atoms with E-state index >= 15 is 0 Å². The van der Waals surface area contributed by atoms with Crippen molar-refractivity contribution in [1.29, 1.82) is 0 Å². The molecule has 0 radical (unpaired) electrons. The van der Waals surface area contributed by atoms with Crippen LogP contribution in [0.2, 0.25) is 0 Å². The molecule has 48 heavy (non-hydrogen) atoms. The minimum atomic E-state index is 0.862. The Morgan fingerprint density at radius 2 is 0.917 bits per heavy atom. The van der Waals surface area contributed by atoms with Gasteiger partial charge in [-0.15, -0.1) is 0 Å². The molecule has 1 heterocycles. The maximum absolute atomic E-state index is 6.66. The van der Waals surface area contributed by atoms with Gasteiger partial charge in [-0.2, -0.15) is 0 Å². The summed E-state index contributed by atoms with van der Waals surface area (Å²) in [4.78, 5) is 2.36. The Morgan fingerprint density at radius 1 is 0.333 bits per heavy atom. The average molecular weight is 614 g/mol. The predicted octanol–water partition coefficient (Wildman–Crippen LogP) is 13.2. The first-order valence-corrected chi connectivity index (χ1v) is 16.3. The number of nitrogens with zero attached hydrogens (tertiary/aromatic N) is 1. The van der Waals surface area contributed by atoms with Crippen molar-refractivity contribution < 1.29 is 4.42 Å². The van der Waals surface area contributed by atoms with E-state index in [0.717, 1.165) is 55.7 Å². The number of benzene rings is 8. The fourth-order valence-electron chi connectivity index (χ4n) is 6.86. The highest BCUT2D eigenvalue weighted by Crippen LogP contribution is 2.45. The topological polar surface area (TPSA) is 16.4 Å². The van der Waals surface area contributed by atoms with Gasteiger partial charge in [0.2, 0.25) is 0 Å². The number of hydrogen-bond donors (Lipinski definition) is 0. The molecular weight excluding hydrogens is 583 g/mol. The van der Waals surface area contributed by atoms with Gasteiger partial charge in [0.15, 0.2) is 5.58 Å². The number of hydrogen-bond acceptors (Lipinski definition) is 2. The van der Waals surface area contributed by atoms with Gasteiger partial charge in [-0.3, -0.25) is 0 Å². The highest BCUT2D eigenvalue weighted by atomic mass is 16.3. The lowest BCUT2D eigenvalue weighted by atomic mass is 9.96. The van der Waals surface area contributed by atoms with Gasteiger partial charge in [0.05, 0.1) is 5.69 Å². The van der Waals surface area contributed by atoms with Gasteiger partial charge in [0.25, 0.3) is 0 Å². The molecule has 9 rings (SSSR count). The zero-order chi connectivity index (χ0) is 31.9. The summed E-state index contributed by atoms with van der Waals surface area (Å²) in [6, 6.07) is 67.0. The van der Waals surface area contributed by atoms with Crippen LogP contribution in [-0.4, -0.2) is 0 Å². The lowest BCUT2D eigenvalue weighted by Crippen LogP contribution is -2.11. The first-order valence-electron chi connectivity index (χ1n) is 16.3. The van der Waals surface area contributed by atoms with Crippen molar-refractivity contribution >= 4 is 49.8 Å². The summed E-state index contributed by atoms with van der Waals surface area (Å²) in [7, 11) is 0. The largest absolute Gasteiger partial charge is 0.454 e. The van der Waals surface area contributed by atoms with E-state index in [0.29, 0.717) is 0 Å². The molecule has 0 aliphatic carbocycles. The summed E-state index contributed by atoms with van der Waals surface area (Å²) in [5.74, 6) is 0. The summed E-state index contributed by atoms with van der Waals surface area (Å²) in [5.41, 5.74) is 11.8. The normalized spacial score (nSPS) is 11.3. The molecule has 0 amide bonds. The molecular formula is C46H31NO. The number of furan rings is 1. The van der Waals surface area contributed by atoms with Gasteiger partial charge in [-0.25, -0.2) is 0 Å². The molecule has 0 aliphatic rings. The van der Waals surface area contributed by atoms with Crippen molar-refractivity contribution in [3.63, 3.8) is 0 Å². The molecule has 0 N–H and O–H groups in total. The number of rotatable bonds is 6. The quantitative estimate of drug-likeness (QED) is 0.185. The maximum atomic E-state index is 6.66. The molecule has 0 saturated heterocycles. The van der Waals surface area contributed by atoms with E-state index in [1.807, 2.05) is 12.1 Å². The first kappa shape index (κ1) is 27.9. The smallest absolute Gasteiger partial charge is 0.159 e. The van der Waals surface area contributed by atoms with Crippen LogP contribution in [0, 0.1) is 0 Å². The van der Waals surface area contributed by atoms with E-state index in [1.54, 1.807) is 0 Å². The van der Waals surface area contributed by atoms with Gasteiger partial charge in [0, 0.05) is 22.1 Å². The molecule has 0 bridgehead atoms. The number of anilines is 3. The van der Waals surface area contributed by atoms with Crippen LogP contribution in [0.15, 0.2) is 192 Å². The van der Waals surface area contributed by atoms with E-state index in [1.165, 1.54) is 27.5 Å². The zero-order valence-electron chi connectivity index (χ0n) is 26.3. The minimum Gasteiger partial charge on any atom is -0.454 e. The predicted molar refractivity (Wildman–Crippen MR) is 202 cm³/mol. The van der Waals surface area contributed by atoms with Crippen LogP contribution in [0.1, 0.15) is 0 Å². The molecule has 2 heteroatoms. The molecule has 9 aromatic rings. The van der Waals surface area contributed by atoms with Gasteiger partial charge in [0.1, 0.15) is 5.58 Å². The van der Waals surface area contributed by atoms with Crippen LogP contribution in [0.25, 0.3) is 66.1 Å². The third kappa shape index (κ3) is 5.01. The van der Waals surface area contributed by atoms with Crippen LogP contribution in [0.3, 0.4) is 0 Å². The van der Waals surface area contributed by atoms with Crippen molar-refractivity contribution in [3.8, 4) is 33.4 Å². The summed E-state index contributed by atoms with van der Waals surface area (Å²) < 4.78 is 6.66. The SMILES string of the molecule is c1ccc(-c2cc(-c3ccccc3)cc(N(c3cccc(-c4ccc5ccccc5c4)c3)c3cccc4c3oc3ccccc34)c2)cc1. The van der Waals surface area contributed by atoms with E-state index in [-0.39, 0.29) is 0 Å². The van der Waals surface area contributed by atoms with Crippen LogP contribution in [0.4, 0.5) is 17.1 Å². The minimum absolute atomic E-state index is 0.862. The Hall–Kier alpha value is -6.38. The Balaban J connectivity index is 1.31. The molecule has 0 aliphatic heterocycles. The molecule has 8 aromatic carbocycles. The molecule has 0 spiro atoms. The number of para-hydroxylation sites is 2. The third-order valence-electron chi connectivity index (χ3n) is 9.20. The van der Waals surface area contributed by atoms with Gasteiger partial charge in [-0.1, -0.05) is 140 Å². The van der Waals surface area contributed by atoms with Crippen molar-refractivity contribution in [3.05, 3.63) is 188 Å². The van der Waals surface area contributed by atoms with Gasteiger partial charge >= 0.3 is 0 Å². The van der Waals surface area contributed by atoms with Crippen LogP contribution in [-0.2, 0) is 0 Å². The molecule has 0 atom stereocenters. The Morgan fingerprint density at radius 3 is 1.69 bits per heavy atom. The molecule has 2 nitrogen and oxygen atoms in total. The second-order valence-corrected chi connectivity index (χ2v) is 12.2. The highest BCUT2D eigenvalue weighted by molar-refractivity contribution is 6.10. The summed E-state index contributed by atoms with van der Waals surface area (Å²) in [5, 5.41) is 4.68. The lowest BCUT2D eigenvalue weighted by Gasteiger charge is -2.27. The third-order valence-corrected chi connectivity index (χ3v) is 9.20. The molecule has 0 saturated carbocycles. The molecule has 1 aromatic heterocycles. The molecule has 0 unspecified atom stereocenters.